The van der Waals surface area contributed by atoms with Crippen LogP contribution in [0.2, 0.25) is 0 Å². The molecule has 2 unspecified atom stereocenters. The van der Waals surface area contributed by atoms with Gasteiger partial charge in [0.05, 0.1) is 11.8 Å². The highest BCUT2D eigenvalue weighted by Gasteiger charge is 2.49. The van der Waals surface area contributed by atoms with Gasteiger partial charge in [-0.3, -0.25) is 0 Å². The second-order valence-corrected chi connectivity index (χ2v) is 7.06. The van der Waals surface area contributed by atoms with Crippen molar-refractivity contribution in [3.05, 3.63) is 24.0 Å². The van der Waals surface area contributed by atoms with Crippen molar-refractivity contribution in [3.63, 3.8) is 0 Å². The Kier molecular flexibility index (Phi) is 3.32. The monoisotopic (exact) mass is 288 g/mol. The molecule has 0 bridgehead atoms. The van der Waals surface area contributed by atoms with E-state index in [1.807, 2.05) is 0 Å². The summed E-state index contributed by atoms with van der Waals surface area (Å²) in [5.74, 6) is -0.884. The van der Waals surface area contributed by atoms with Gasteiger partial charge in [0.1, 0.15) is 10.7 Å². The van der Waals surface area contributed by atoms with E-state index < -0.39 is 38.3 Å². The summed E-state index contributed by atoms with van der Waals surface area (Å²) in [6.07, 6.45) is -0.265. The summed E-state index contributed by atoms with van der Waals surface area (Å²) in [5.41, 5.74) is 4.82. The van der Waals surface area contributed by atoms with Crippen LogP contribution in [0.15, 0.2) is 23.1 Å². The lowest BCUT2D eigenvalue weighted by Crippen LogP contribution is -2.61. The topological polar surface area (TPSA) is 92.4 Å². The minimum Gasteiger partial charge on any atom is -0.398 e. The molecule has 106 valence electrons. The molecule has 4 N–H and O–H groups in total. The molecule has 2 rings (SSSR count). The van der Waals surface area contributed by atoms with Gasteiger partial charge in [-0.2, -0.15) is 0 Å². The van der Waals surface area contributed by atoms with E-state index in [1.165, 1.54) is 12.1 Å². The normalized spacial score (nSPS) is 25.9. The maximum Gasteiger partial charge on any atom is 0.245 e. The van der Waals surface area contributed by atoms with E-state index in [4.69, 9.17) is 5.73 Å². The first-order valence-electron chi connectivity index (χ1n) is 5.90. The molecule has 0 heterocycles. The maximum absolute atomic E-state index is 13.6. The summed E-state index contributed by atoms with van der Waals surface area (Å²) in [4.78, 5) is -0.535. The number of hydrogen-bond acceptors (Lipinski definition) is 4. The summed E-state index contributed by atoms with van der Waals surface area (Å²) in [6, 6.07) is 3.29. The maximum atomic E-state index is 13.6. The molecule has 1 saturated carbocycles. The molecule has 5 nitrogen and oxygen atoms in total. The van der Waals surface area contributed by atoms with Crippen molar-refractivity contribution >= 4 is 15.7 Å². The highest BCUT2D eigenvalue weighted by Crippen LogP contribution is 2.41. The first-order chi connectivity index (χ1) is 8.66. The van der Waals surface area contributed by atoms with Gasteiger partial charge in [-0.15, -0.1) is 0 Å². The van der Waals surface area contributed by atoms with Crippen molar-refractivity contribution in [3.8, 4) is 0 Å². The van der Waals surface area contributed by atoms with Crippen molar-refractivity contribution < 1.29 is 17.9 Å². The number of rotatable bonds is 3. The quantitative estimate of drug-likeness (QED) is 0.719. The van der Waals surface area contributed by atoms with Crippen LogP contribution in [0.25, 0.3) is 0 Å². The van der Waals surface area contributed by atoms with Crippen LogP contribution in [-0.2, 0) is 10.0 Å². The van der Waals surface area contributed by atoms with Gasteiger partial charge in [0, 0.05) is 11.5 Å². The van der Waals surface area contributed by atoms with E-state index in [0.29, 0.717) is 6.42 Å². The Bertz CT molecular complexity index is 581. The summed E-state index contributed by atoms with van der Waals surface area (Å²) in [6.45, 7) is 3.50. The van der Waals surface area contributed by atoms with Gasteiger partial charge in [0.15, 0.2) is 0 Å². The molecular formula is C12H17FN2O3S. The van der Waals surface area contributed by atoms with Gasteiger partial charge in [-0.05, 0) is 18.6 Å². The minimum absolute atomic E-state index is 0.134. The van der Waals surface area contributed by atoms with Gasteiger partial charge in [-0.1, -0.05) is 19.9 Å². The number of hydrogen-bond donors (Lipinski definition) is 3. The Morgan fingerprint density at radius 3 is 2.58 bits per heavy atom. The van der Waals surface area contributed by atoms with Crippen molar-refractivity contribution in [2.45, 2.75) is 37.3 Å². The first kappa shape index (κ1) is 14.2. The van der Waals surface area contributed by atoms with Crippen molar-refractivity contribution in [2.24, 2.45) is 5.41 Å². The number of aliphatic hydroxyl groups is 1. The number of anilines is 1. The van der Waals surface area contributed by atoms with Crippen molar-refractivity contribution in [1.82, 2.24) is 4.72 Å². The molecule has 0 amide bonds. The van der Waals surface area contributed by atoms with Crippen LogP contribution in [-0.4, -0.2) is 25.7 Å². The molecule has 0 spiro atoms. The Labute approximate surface area is 111 Å². The highest BCUT2D eigenvalue weighted by molar-refractivity contribution is 7.89. The molecule has 1 aliphatic carbocycles. The second kappa shape index (κ2) is 4.43. The fourth-order valence-corrected chi connectivity index (χ4v) is 3.75. The number of sulfonamides is 1. The highest BCUT2D eigenvalue weighted by atomic mass is 32.2. The molecular weight excluding hydrogens is 271 g/mol. The standard InChI is InChI=1S/C12H17FN2O3S/c1-12(2)9(6-10(12)16)15-19(17,18)11-7(13)4-3-5-8(11)14/h3-5,9-10,15-16H,6,14H2,1-2H3. The van der Waals surface area contributed by atoms with Crippen LogP contribution in [0.3, 0.4) is 0 Å². The van der Waals surface area contributed by atoms with Gasteiger partial charge in [0.25, 0.3) is 0 Å². The van der Waals surface area contributed by atoms with Crippen LogP contribution >= 0.6 is 0 Å². The molecule has 1 aromatic rings. The molecule has 1 aliphatic rings. The zero-order valence-electron chi connectivity index (χ0n) is 10.7. The average Bonchev–Trinajstić information content (AvgIpc) is 2.27. The Morgan fingerprint density at radius 2 is 2.11 bits per heavy atom. The largest absolute Gasteiger partial charge is 0.398 e. The van der Waals surface area contributed by atoms with E-state index in [0.717, 1.165) is 6.07 Å². The number of nitrogens with one attached hydrogen (secondary N) is 1. The van der Waals surface area contributed by atoms with Crippen molar-refractivity contribution in [2.75, 3.05) is 5.73 Å². The number of nitrogen functional groups attached to an aromatic ring is 1. The van der Waals surface area contributed by atoms with Gasteiger partial charge in [0.2, 0.25) is 10.0 Å². The summed E-state index contributed by atoms with van der Waals surface area (Å²) in [7, 11) is -4.04. The second-order valence-electron chi connectivity index (χ2n) is 5.40. The predicted octanol–water partition coefficient (Wildman–Crippen LogP) is 0.846. The number of aliphatic hydroxyl groups excluding tert-OH is 1. The van der Waals surface area contributed by atoms with E-state index >= 15 is 0 Å². The summed E-state index contributed by atoms with van der Waals surface area (Å²) < 4.78 is 40.4. The number of benzene rings is 1. The molecule has 19 heavy (non-hydrogen) atoms. The lowest BCUT2D eigenvalue weighted by atomic mass is 9.65. The third kappa shape index (κ3) is 2.33. The summed E-state index contributed by atoms with van der Waals surface area (Å²) >= 11 is 0. The van der Waals surface area contributed by atoms with E-state index in [2.05, 4.69) is 4.72 Å². The van der Waals surface area contributed by atoms with Crippen molar-refractivity contribution in [1.29, 1.82) is 0 Å². The van der Waals surface area contributed by atoms with Gasteiger partial charge in [-0.25, -0.2) is 17.5 Å². The molecule has 1 fully saturated rings. The summed E-state index contributed by atoms with van der Waals surface area (Å²) in [5, 5.41) is 9.59. The molecule has 2 atom stereocenters. The zero-order chi connectivity index (χ0) is 14.4. The fraction of sp³-hybridized carbons (Fsp3) is 0.500. The van der Waals surface area contributed by atoms with Gasteiger partial charge < -0.3 is 10.8 Å². The molecule has 0 saturated heterocycles. The third-order valence-electron chi connectivity index (χ3n) is 3.78. The Hall–Kier alpha value is -1.18. The average molecular weight is 288 g/mol. The van der Waals surface area contributed by atoms with Crippen LogP contribution in [0.4, 0.5) is 10.1 Å². The Balaban J connectivity index is 2.30. The zero-order valence-corrected chi connectivity index (χ0v) is 11.5. The molecule has 1 aromatic carbocycles. The minimum atomic E-state index is -4.04. The van der Waals surface area contributed by atoms with Crippen LogP contribution in [0, 0.1) is 11.2 Å². The molecule has 0 radical (unpaired) electrons. The smallest absolute Gasteiger partial charge is 0.245 e. The predicted molar refractivity (Wildman–Crippen MR) is 69.3 cm³/mol. The van der Waals surface area contributed by atoms with Gasteiger partial charge >= 0.3 is 0 Å². The first-order valence-corrected chi connectivity index (χ1v) is 7.39. The molecule has 7 heteroatoms. The fourth-order valence-electron chi connectivity index (χ4n) is 2.16. The number of halogens is 1. The van der Waals surface area contributed by atoms with Crippen LogP contribution < -0.4 is 10.5 Å². The van der Waals surface area contributed by atoms with Crippen LogP contribution in [0.5, 0.6) is 0 Å². The van der Waals surface area contributed by atoms with E-state index in [1.54, 1.807) is 13.8 Å². The Morgan fingerprint density at radius 1 is 1.47 bits per heavy atom. The van der Waals surface area contributed by atoms with Crippen LogP contribution in [0.1, 0.15) is 20.3 Å². The third-order valence-corrected chi connectivity index (χ3v) is 5.34. The SMILES string of the molecule is CC1(C)C(O)CC1NS(=O)(=O)c1c(N)cccc1F. The lowest BCUT2D eigenvalue weighted by molar-refractivity contribution is -0.0645. The molecule has 0 aromatic heterocycles. The van der Waals surface area contributed by atoms with E-state index in [-0.39, 0.29) is 5.69 Å². The lowest BCUT2D eigenvalue weighted by Gasteiger charge is -2.49. The molecule has 0 aliphatic heterocycles. The van der Waals surface area contributed by atoms with E-state index in [9.17, 15) is 17.9 Å². The number of nitrogens with two attached hydrogens (primary N) is 1.